The minimum Gasteiger partial charge on any atom is -0.340 e. The number of pyridine rings is 2. The molecule has 0 amide bonds. The van der Waals surface area contributed by atoms with E-state index in [0.717, 1.165) is 22.8 Å². The van der Waals surface area contributed by atoms with Crippen molar-refractivity contribution >= 4 is 23.3 Å². The standard InChI is InChI=1S/C20H15N5S/c1-3-17(26-18-7-11-22-12-8-18)4-2-16(1)25-20-13-19(23-14-24-20)15-5-9-21-10-6-15/h1-14H,(H,23,24,25). The van der Waals surface area contributed by atoms with Gasteiger partial charge in [-0.15, -0.1) is 0 Å². The Bertz CT molecular complexity index is 976. The molecule has 0 aliphatic rings. The minimum atomic E-state index is 0.751. The third-order valence-corrected chi connectivity index (χ3v) is 4.67. The third kappa shape index (κ3) is 4.04. The zero-order chi connectivity index (χ0) is 17.6. The van der Waals surface area contributed by atoms with E-state index >= 15 is 0 Å². The van der Waals surface area contributed by atoms with Gasteiger partial charge in [0.2, 0.25) is 0 Å². The summed E-state index contributed by atoms with van der Waals surface area (Å²) in [5.41, 5.74) is 2.84. The van der Waals surface area contributed by atoms with Crippen molar-refractivity contribution in [2.24, 2.45) is 0 Å². The first-order valence-electron chi connectivity index (χ1n) is 8.04. The zero-order valence-corrected chi connectivity index (χ0v) is 14.6. The highest BCUT2D eigenvalue weighted by Gasteiger charge is 2.03. The molecule has 26 heavy (non-hydrogen) atoms. The molecule has 0 bridgehead atoms. The van der Waals surface area contributed by atoms with Crippen LogP contribution in [0.2, 0.25) is 0 Å². The molecular formula is C20H15N5S. The molecule has 0 aliphatic heterocycles. The molecule has 1 aromatic carbocycles. The quantitative estimate of drug-likeness (QED) is 0.552. The summed E-state index contributed by atoms with van der Waals surface area (Å²) in [6.45, 7) is 0. The fraction of sp³-hybridized carbons (Fsp3) is 0. The topological polar surface area (TPSA) is 63.6 Å². The Morgan fingerprint density at radius 3 is 2.08 bits per heavy atom. The van der Waals surface area contributed by atoms with E-state index < -0.39 is 0 Å². The summed E-state index contributed by atoms with van der Waals surface area (Å²) in [5, 5.41) is 3.32. The van der Waals surface area contributed by atoms with Gasteiger partial charge in [0.1, 0.15) is 12.1 Å². The number of nitrogens with zero attached hydrogens (tertiary/aromatic N) is 4. The van der Waals surface area contributed by atoms with Crippen LogP contribution in [0.15, 0.2) is 95.5 Å². The smallest absolute Gasteiger partial charge is 0.134 e. The van der Waals surface area contributed by atoms with E-state index in [0.29, 0.717) is 0 Å². The maximum absolute atomic E-state index is 4.32. The summed E-state index contributed by atoms with van der Waals surface area (Å²) in [7, 11) is 0. The minimum absolute atomic E-state index is 0.751. The highest BCUT2D eigenvalue weighted by molar-refractivity contribution is 7.99. The number of anilines is 2. The van der Waals surface area contributed by atoms with Crippen molar-refractivity contribution in [2.75, 3.05) is 5.32 Å². The number of hydrogen-bond acceptors (Lipinski definition) is 6. The Morgan fingerprint density at radius 1 is 0.692 bits per heavy atom. The molecule has 4 aromatic rings. The fourth-order valence-electron chi connectivity index (χ4n) is 2.40. The van der Waals surface area contributed by atoms with Gasteiger partial charge in [0.05, 0.1) is 5.69 Å². The van der Waals surface area contributed by atoms with E-state index in [9.17, 15) is 0 Å². The Labute approximate surface area is 155 Å². The molecule has 0 spiro atoms. The molecule has 3 heterocycles. The Hall–Kier alpha value is -3.25. The second kappa shape index (κ2) is 7.76. The average molecular weight is 357 g/mol. The number of nitrogens with one attached hydrogen (secondary N) is 1. The summed E-state index contributed by atoms with van der Waals surface area (Å²) < 4.78 is 0. The molecule has 0 atom stereocenters. The lowest BCUT2D eigenvalue weighted by atomic mass is 10.2. The van der Waals surface area contributed by atoms with Crippen LogP contribution < -0.4 is 5.32 Å². The molecule has 3 aromatic heterocycles. The van der Waals surface area contributed by atoms with Gasteiger partial charge < -0.3 is 5.32 Å². The SMILES string of the molecule is c1cc(Sc2ccc(Nc3cc(-c4ccncc4)ncn3)cc2)ccn1. The lowest BCUT2D eigenvalue weighted by Crippen LogP contribution is -1.95. The van der Waals surface area contributed by atoms with E-state index in [1.54, 1.807) is 42.9 Å². The first-order chi connectivity index (χ1) is 12.9. The summed E-state index contributed by atoms with van der Waals surface area (Å²) in [5.74, 6) is 0.751. The number of hydrogen-bond donors (Lipinski definition) is 1. The van der Waals surface area contributed by atoms with Gasteiger partial charge in [0, 0.05) is 51.9 Å². The second-order valence-electron chi connectivity index (χ2n) is 5.46. The molecule has 0 unspecified atom stereocenters. The number of rotatable bonds is 5. The van der Waals surface area contributed by atoms with Crippen molar-refractivity contribution in [1.82, 2.24) is 19.9 Å². The molecule has 0 radical (unpaired) electrons. The Morgan fingerprint density at radius 2 is 1.35 bits per heavy atom. The zero-order valence-electron chi connectivity index (χ0n) is 13.8. The van der Waals surface area contributed by atoms with Gasteiger partial charge in [-0.1, -0.05) is 11.8 Å². The van der Waals surface area contributed by atoms with Gasteiger partial charge in [-0.2, -0.15) is 0 Å². The molecular weight excluding hydrogens is 342 g/mol. The fourth-order valence-corrected chi connectivity index (χ4v) is 3.20. The van der Waals surface area contributed by atoms with E-state index in [-0.39, 0.29) is 0 Å². The summed E-state index contributed by atoms with van der Waals surface area (Å²) in [6, 6.07) is 18.0. The molecule has 0 fully saturated rings. The van der Waals surface area contributed by atoms with Crippen molar-refractivity contribution in [3.63, 3.8) is 0 Å². The molecule has 126 valence electrons. The van der Waals surface area contributed by atoms with Crippen molar-refractivity contribution < 1.29 is 0 Å². The largest absolute Gasteiger partial charge is 0.340 e. The first kappa shape index (κ1) is 16.2. The number of benzene rings is 1. The van der Waals surface area contributed by atoms with Crippen LogP contribution in [-0.2, 0) is 0 Å². The molecule has 0 aliphatic carbocycles. The lowest BCUT2D eigenvalue weighted by molar-refractivity contribution is 1.17. The van der Waals surface area contributed by atoms with E-state index in [1.165, 1.54) is 9.79 Å². The van der Waals surface area contributed by atoms with Crippen LogP contribution in [0.25, 0.3) is 11.3 Å². The van der Waals surface area contributed by atoms with Gasteiger partial charge in [-0.25, -0.2) is 9.97 Å². The van der Waals surface area contributed by atoms with Crippen LogP contribution in [0, 0.1) is 0 Å². The summed E-state index contributed by atoms with van der Waals surface area (Å²) in [6.07, 6.45) is 8.67. The molecule has 5 nitrogen and oxygen atoms in total. The highest BCUT2D eigenvalue weighted by Crippen LogP contribution is 2.28. The summed E-state index contributed by atoms with van der Waals surface area (Å²) >= 11 is 1.70. The van der Waals surface area contributed by atoms with Crippen LogP contribution >= 0.6 is 11.8 Å². The third-order valence-electron chi connectivity index (χ3n) is 3.66. The van der Waals surface area contributed by atoms with Crippen LogP contribution in [0.4, 0.5) is 11.5 Å². The monoisotopic (exact) mass is 357 g/mol. The predicted molar refractivity (Wildman–Crippen MR) is 103 cm³/mol. The Balaban J connectivity index is 1.48. The van der Waals surface area contributed by atoms with Crippen molar-refractivity contribution in [3.05, 3.63) is 85.7 Å². The molecule has 0 saturated carbocycles. The second-order valence-corrected chi connectivity index (χ2v) is 6.61. The number of aromatic nitrogens is 4. The van der Waals surface area contributed by atoms with Crippen LogP contribution in [-0.4, -0.2) is 19.9 Å². The van der Waals surface area contributed by atoms with Crippen LogP contribution in [0.1, 0.15) is 0 Å². The molecule has 1 N–H and O–H groups in total. The predicted octanol–water partition coefficient (Wildman–Crippen LogP) is 4.83. The van der Waals surface area contributed by atoms with Gasteiger partial charge in [-0.3, -0.25) is 9.97 Å². The van der Waals surface area contributed by atoms with Gasteiger partial charge in [0.25, 0.3) is 0 Å². The lowest BCUT2D eigenvalue weighted by Gasteiger charge is -2.08. The average Bonchev–Trinajstić information content (AvgIpc) is 2.71. The maximum atomic E-state index is 4.32. The molecule has 0 saturated heterocycles. The highest BCUT2D eigenvalue weighted by atomic mass is 32.2. The van der Waals surface area contributed by atoms with Crippen molar-refractivity contribution in [2.45, 2.75) is 9.79 Å². The van der Waals surface area contributed by atoms with Gasteiger partial charge >= 0.3 is 0 Å². The molecule has 4 rings (SSSR count). The van der Waals surface area contributed by atoms with Crippen LogP contribution in [0.3, 0.4) is 0 Å². The summed E-state index contributed by atoms with van der Waals surface area (Å²) in [4.78, 5) is 19.0. The molecule has 6 heteroatoms. The maximum Gasteiger partial charge on any atom is 0.134 e. The van der Waals surface area contributed by atoms with Crippen molar-refractivity contribution in [3.8, 4) is 11.3 Å². The van der Waals surface area contributed by atoms with E-state index in [4.69, 9.17) is 0 Å². The Kier molecular flexibility index (Phi) is 4.84. The van der Waals surface area contributed by atoms with Gasteiger partial charge in [-0.05, 0) is 48.5 Å². The van der Waals surface area contributed by atoms with E-state index in [1.807, 2.05) is 42.5 Å². The van der Waals surface area contributed by atoms with Crippen molar-refractivity contribution in [1.29, 1.82) is 0 Å². The first-order valence-corrected chi connectivity index (χ1v) is 8.86. The van der Waals surface area contributed by atoms with E-state index in [2.05, 4.69) is 37.4 Å². The van der Waals surface area contributed by atoms with Crippen LogP contribution in [0.5, 0.6) is 0 Å². The van der Waals surface area contributed by atoms with Gasteiger partial charge in [0.15, 0.2) is 0 Å². The normalized spacial score (nSPS) is 10.5.